The van der Waals surface area contributed by atoms with E-state index in [9.17, 15) is 0 Å². The highest BCUT2D eigenvalue weighted by atomic mass is 35.5. The average molecular weight is 292 g/mol. The van der Waals surface area contributed by atoms with Crippen molar-refractivity contribution in [2.45, 2.75) is 13.2 Å². The van der Waals surface area contributed by atoms with Gasteiger partial charge in [0.2, 0.25) is 6.79 Å². The molecule has 0 bridgehead atoms. The van der Waals surface area contributed by atoms with Gasteiger partial charge < -0.3 is 19.9 Å². The van der Waals surface area contributed by atoms with Crippen molar-refractivity contribution in [3.8, 4) is 17.2 Å². The number of benzene rings is 2. The zero-order valence-electron chi connectivity index (χ0n) is 10.8. The topological polar surface area (TPSA) is 53.7 Å². The molecule has 0 spiro atoms. The van der Waals surface area contributed by atoms with E-state index in [-0.39, 0.29) is 6.79 Å². The smallest absolute Gasteiger partial charge is 0.231 e. The van der Waals surface area contributed by atoms with Gasteiger partial charge in [-0.25, -0.2) is 0 Å². The molecule has 5 heteroatoms. The van der Waals surface area contributed by atoms with Crippen molar-refractivity contribution < 1.29 is 14.2 Å². The lowest BCUT2D eigenvalue weighted by molar-refractivity contribution is 0.173. The summed E-state index contributed by atoms with van der Waals surface area (Å²) < 4.78 is 16.5. The van der Waals surface area contributed by atoms with Gasteiger partial charge in [-0.05, 0) is 23.8 Å². The first kappa shape index (κ1) is 13.1. The normalized spacial score (nSPS) is 12.5. The molecule has 1 heterocycles. The van der Waals surface area contributed by atoms with Crippen molar-refractivity contribution in [2.75, 3.05) is 6.79 Å². The molecule has 104 valence electrons. The zero-order chi connectivity index (χ0) is 13.9. The molecule has 3 rings (SSSR count). The minimum atomic E-state index is 0.236. The zero-order valence-corrected chi connectivity index (χ0v) is 11.5. The van der Waals surface area contributed by atoms with E-state index in [0.717, 1.165) is 11.1 Å². The molecule has 4 nitrogen and oxygen atoms in total. The standard InChI is InChI=1S/C15H14ClNO3/c16-12-3-1-10(2-4-12)8-18-13-6-15-14(19-9-20-15)5-11(13)7-17/h1-6H,7-9,17H2. The van der Waals surface area contributed by atoms with Crippen LogP contribution in [0.3, 0.4) is 0 Å². The van der Waals surface area contributed by atoms with Crippen LogP contribution in [0.4, 0.5) is 0 Å². The Kier molecular flexibility index (Phi) is 3.67. The van der Waals surface area contributed by atoms with Gasteiger partial charge in [-0.2, -0.15) is 0 Å². The summed E-state index contributed by atoms with van der Waals surface area (Å²) in [5.74, 6) is 2.12. The highest BCUT2D eigenvalue weighted by Crippen LogP contribution is 2.38. The fourth-order valence-corrected chi connectivity index (χ4v) is 2.13. The number of nitrogens with two attached hydrogens (primary N) is 1. The van der Waals surface area contributed by atoms with Crippen LogP contribution in [0.1, 0.15) is 11.1 Å². The molecule has 0 aliphatic carbocycles. The molecule has 0 saturated heterocycles. The molecular formula is C15H14ClNO3. The highest BCUT2D eigenvalue weighted by Gasteiger charge is 2.17. The number of halogens is 1. The molecular weight excluding hydrogens is 278 g/mol. The Bertz CT molecular complexity index is 613. The lowest BCUT2D eigenvalue weighted by Crippen LogP contribution is -2.03. The van der Waals surface area contributed by atoms with E-state index < -0.39 is 0 Å². The first-order valence-electron chi connectivity index (χ1n) is 6.26. The molecule has 2 aromatic rings. The van der Waals surface area contributed by atoms with E-state index in [1.165, 1.54) is 0 Å². The predicted octanol–water partition coefficient (Wildman–Crippen LogP) is 3.11. The van der Waals surface area contributed by atoms with Gasteiger partial charge in [0.05, 0.1) is 0 Å². The monoisotopic (exact) mass is 291 g/mol. The summed E-state index contributed by atoms with van der Waals surface area (Å²) in [5, 5.41) is 0.708. The summed E-state index contributed by atoms with van der Waals surface area (Å²) in [6, 6.07) is 11.2. The van der Waals surface area contributed by atoms with Crippen molar-refractivity contribution >= 4 is 11.6 Å². The first-order chi connectivity index (χ1) is 9.76. The minimum absolute atomic E-state index is 0.236. The van der Waals surface area contributed by atoms with Crippen LogP contribution in [0.5, 0.6) is 17.2 Å². The lowest BCUT2D eigenvalue weighted by Gasteiger charge is -2.11. The van der Waals surface area contributed by atoms with Crippen molar-refractivity contribution in [2.24, 2.45) is 5.73 Å². The second-order valence-electron chi connectivity index (χ2n) is 4.43. The van der Waals surface area contributed by atoms with Gasteiger partial charge in [0.15, 0.2) is 11.5 Å². The van der Waals surface area contributed by atoms with Crippen LogP contribution < -0.4 is 19.9 Å². The third-order valence-corrected chi connectivity index (χ3v) is 3.34. The molecule has 0 fully saturated rings. The van der Waals surface area contributed by atoms with Crippen LogP contribution in [-0.4, -0.2) is 6.79 Å². The van der Waals surface area contributed by atoms with E-state index in [4.69, 9.17) is 31.5 Å². The van der Waals surface area contributed by atoms with Gasteiger partial charge in [-0.3, -0.25) is 0 Å². The molecule has 2 N–H and O–H groups in total. The summed E-state index contributed by atoms with van der Waals surface area (Å²) in [4.78, 5) is 0. The molecule has 2 aromatic carbocycles. The Balaban J connectivity index is 1.78. The lowest BCUT2D eigenvalue weighted by atomic mass is 10.1. The average Bonchev–Trinajstić information content (AvgIpc) is 2.92. The number of hydrogen-bond acceptors (Lipinski definition) is 4. The third-order valence-electron chi connectivity index (χ3n) is 3.08. The van der Waals surface area contributed by atoms with Crippen LogP contribution in [0.15, 0.2) is 36.4 Å². The Morgan fingerprint density at radius 3 is 2.50 bits per heavy atom. The maximum atomic E-state index is 5.85. The quantitative estimate of drug-likeness (QED) is 0.940. The Labute approximate surface area is 122 Å². The molecule has 0 aromatic heterocycles. The van der Waals surface area contributed by atoms with E-state index >= 15 is 0 Å². The second kappa shape index (κ2) is 5.61. The molecule has 20 heavy (non-hydrogen) atoms. The molecule has 0 atom stereocenters. The summed E-state index contributed by atoms with van der Waals surface area (Å²) in [7, 11) is 0. The summed E-state index contributed by atoms with van der Waals surface area (Å²) in [6.45, 7) is 1.07. The van der Waals surface area contributed by atoms with Crippen LogP contribution >= 0.6 is 11.6 Å². The number of hydrogen-bond donors (Lipinski definition) is 1. The van der Waals surface area contributed by atoms with Gasteiger partial charge in [-0.1, -0.05) is 23.7 Å². The SMILES string of the molecule is NCc1cc2c(cc1OCc1ccc(Cl)cc1)OCO2. The highest BCUT2D eigenvalue weighted by molar-refractivity contribution is 6.30. The van der Waals surface area contributed by atoms with Crippen molar-refractivity contribution in [3.05, 3.63) is 52.5 Å². The van der Waals surface area contributed by atoms with Gasteiger partial charge in [-0.15, -0.1) is 0 Å². The number of rotatable bonds is 4. The Morgan fingerprint density at radius 2 is 1.80 bits per heavy atom. The first-order valence-corrected chi connectivity index (χ1v) is 6.64. The number of ether oxygens (including phenoxy) is 3. The van der Waals surface area contributed by atoms with E-state index in [0.29, 0.717) is 35.4 Å². The summed E-state index contributed by atoms with van der Waals surface area (Å²) in [6.07, 6.45) is 0. The molecule has 1 aliphatic rings. The van der Waals surface area contributed by atoms with Crippen LogP contribution in [-0.2, 0) is 13.2 Å². The Morgan fingerprint density at radius 1 is 1.10 bits per heavy atom. The predicted molar refractivity (Wildman–Crippen MR) is 76.2 cm³/mol. The third kappa shape index (κ3) is 2.66. The van der Waals surface area contributed by atoms with Crippen molar-refractivity contribution in [3.63, 3.8) is 0 Å². The van der Waals surface area contributed by atoms with Crippen molar-refractivity contribution in [1.82, 2.24) is 0 Å². The summed E-state index contributed by atoms with van der Waals surface area (Å²) in [5.41, 5.74) is 7.67. The van der Waals surface area contributed by atoms with E-state index in [2.05, 4.69) is 0 Å². The van der Waals surface area contributed by atoms with Crippen LogP contribution in [0.2, 0.25) is 5.02 Å². The molecule has 0 amide bonds. The van der Waals surface area contributed by atoms with E-state index in [1.807, 2.05) is 36.4 Å². The van der Waals surface area contributed by atoms with Gasteiger partial charge >= 0.3 is 0 Å². The largest absolute Gasteiger partial charge is 0.488 e. The molecule has 0 saturated carbocycles. The summed E-state index contributed by atoms with van der Waals surface area (Å²) >= 11 is 5.85. The fraction of sp³-hybridized carbons (Fsp3) is 0.200. The van der Waals surface area contributed by atoms with E-state index in [1.54, 1.807) is 0 Å². The van der Waals surface area contributed by atoms with Crippen LogP contribution in [0.25, 0.3) is 0 Å². The molecule has 1 aliphatic heterocycles. The maximum Gasteiger partial charge on any atom is 0.231 e. The molecule has 0 unspecified atom stereocenters. The van der Waals surface area contributed by atoms with Crippen LogP contribution in [0, 0.1) is 0 Å². The number of fused-ring (bicyclic) bond motifs is 1. The minimum Gasteiger partial charge on any atom is -0.488 e. The maximum absolute atomic E-state index is 5.85. The van der Waals surface area contributed by atoms with Gasteiger partial charge in [0.1, 0.15) is 12.4 Å². The van der Waals surface area contributed by atoms with Crippen molar-refractivity contribution in [1.29, 1.82) is 0 Å². The second-order valence-corrected chi connectivity index (χ2v) is 4.87. The van der Waals surface area contributed by atoms with Gasteiger partial charge in [0.25, 0.3) is 0 Å². The Hall–Kier alpha value is -1.91. The fourth-order valence-electron chi connectivity index (χ4n) is 2.00. The molecule has 0 radical (unpaired) electrons. The van der Waals surface area contributed by atoms with Gasteiger partial charge in [0, 0.05) is 23.2 Å².